The van der Waals surface area contributed by atoms with Gasteiger partial charge in [-0.2, -0.15) is 12.8 Å². The molecule has 0 saturated heterocycles. The summed E-state index contributed by atoms with van der Waals surface area (Å²) in [6.07, 6.45) is 0.929. The van der Waals surface area contributed by atoms with E-state index < -0.39 is 10.0 Å². The molecule has 1 aromatic rings. The molecule has 1 aromatic carbocycles. The second kappa shape index (κ2) is 4.82. The van der Waals surface area contributed by atoms with Crippen LogP contribution in [0.25, 0.3) is 0 Å². The van der Waals surface area contributed by atoms with Crippen LogP contribution in [0.3, 0.4) is 0 Å². The molecule has 0 amide bonds. The van der Waals surface area contributed by atoms with Gasteiger partial charge in [-0.3, -0.25) is 0 Å². The second-order valence-corrected chi connectivity index (χ2v) is 6.11. The molecule has 4 nitrogen and oxygen atoms in total. The summed E-state index contributed by atoms with van der Waals surface area (Å²) in [7, 11) is -1.60. The molecular weight excluding hydrogens is 248 g/mol. The van der Waals surface area contributed by atoms with Crippen molar-refractivity contribution in [3.05, 3.63) is 29.8 Å². The first kappa shape index (κ1) is 13.2. The van der Waals surface area contributed by atoms with Crippen molar-refractivity contribution in [1.29, 1.82) is 0 Å². The topological polar surface area (TPSA) is 58.5 Å². The smallest absolute Gasteiger partial charge is 0.283 e. The van der Waals surface area contributed by atoms with Crippen LogP contribution in [0.5, 0.6) is 0 Å². The molecule has 0 aromatic heterocycles. The van der Waals surface area contributed by atoms with E-state index in [4.69, 9.17) is 0 Å². The van der Waals surface area contributed by atoms with Crippen molar-refractivity contribution >= 4 is 15.7 Å². The summed E-state index contributed by atoms with van der Waals surface area (Å²) >= 11 is 0. The van der Waals surface area contributed by atoms with E-state index >= 15 is 0 Å². The highest BCUT2D eigenvalue weighted by molar-refractivity contribution is 7.90. The molecule has 5 heteroatoms. The van der Waals surface area contributed by atoms with Crippen LogP contribution in [0, 0.1) is 5.92 Å². The van der Waals surface area contributed by atoms with Gasteiger partial charge in [-0.1, -0.05) is 32.0 Å². The van der Waals surface area contributed by atoms with Gasteiger partial charge in [-0.05, 0) is 19.5 Å². The molecule has 2 unspecified atom stereocenters. The predicted octanol–water partition coefficient (Wildman–Crippen LogP) is 1.81. The SMILES string of the molecule is CCC(NC)C(C)C1=NS(=O)(=O)c2ccccc21. The molecule has 2 rings (SSSR count). The van der Waals surface area contributed by atoms with Crippen molar-refractivity contribution in [3.8, 4) is 0 Å². The lowest BCUT2D eigenvalue weighted by atomic mass is 9.90. The van der Waals surface area contributed by atoms with Gasteiger partial charge in [0.15, 0.2) is 0 Å². The minimum Gasteiger partial charge on any atom is -0.316 e. The van der Waals surface area contributed by atoms with Crippen LogP contribution in [0.1, 0.15) is 25.8 Å². The van der Waals surface area contributed by atoms with Crippen molar-refractivity contribution in [2.24, 2.45) is 10.3 Å². The van der Waals surface area contributed by atoms with Crippen molar-refractivity contribution in [2.75, 3.05) is 7.05 Å². The van der Waals surface area contributed by atoms with Crippen LogP contribution in [-0.4, -0.2) is 27.2 Å². The molecule has 0 aliphatic carbocycles. The molecule has 1 aliphatic rings. The van der Waals surface area contributed by atoms with E-state index in [1.807, 2.05) is 26.1 Å². The van der Waals surface area contributed by atoms with Crippen LogP contribution in [0.2, 0.25) is 0 Å². The Balaban J connectivity index is 2.48. The summed E-state index contributed by atoms with van der Waals surface area (Å²) in [5.74, 6) is 0.0680. The third kappa shape index (κ3) is 2.08. The highest BCUT2D eigenvalue weighted by Gasteiger charge is 2.33. The molecule has 1 N–H and O–H groups in total. The number of nitrogens with one attached hydrogen (secondary N) is 1. The predicted molar refractivity (Wildman–Crippen MR) is 72.5 cm³/mol. The first-order valence-electron chi connectivity index (χ1n) is 6.12. The zero-order valence-electron chi connectivity index (χ0n) is 10.8. The Bertz CT molecular complexity index is 574. The lowest BCUT2D eigenvalue weighted by molar-refractivity contribution is 0.470. The molecule has 0 radical (unpaired) electrons. The average Bonchev–Trinajstić information content (AvgIpc) is 2.64. The van der Waals surface area contributed by atoms with E-state index in [2.05, 4.69) is 16.6 Å². The van der Waals surface area contributed by atoms with Gasteiger partial charge in [-0.15, -0.1) is 0 Å². The Morgan fingerprint density at radius 1 is 1.33 bits per heavy atom. The highest BCUT2D eigenvalue weighted by Crippen LogP contribution is 2.30. The van der Waals surface area contributed by atoms with Crippen LogP contribution >= 0.6 is 0 Å². The molecule has 0 bridgehead atoms. The van der Waals surface area contributed by atoms with Gasteiger partial charge in [0.1, 0.15) is 0 Å². The lowest BCUT2D eigenvalue weighted by Crippen LogP contribution is -2.35. The first-order valence-corrected chi connectivity index (χ1v) is 7.56. The van der Waals surface area contributed by atoms with Gasteiger partial charge in [-0.25, -0.2) is 0 Å². The summed E-state index contributed by atoms with van der Waals surface area (Å²) in [6.45, 7) is 4.09. The maximum atomic E-state index is 12.0. The third-order valence-corrected chi connectivity index (χ3v) is 4.85. The number of hydrogen-bond acceptors (Lipinski definition) is 3. The normalized spacial score (nSPS) is 20.1. The van der Waals surface area contributed by atoms with Crippen molar-refractivity contribution in [3.63, 3.8) is 0 Å². The van der Waals surface area contributed by atoms with Crippen molar-refractivity contribution in [1.82, 2.24) is 5.32 Å². The van der Waals surface area contributed by atoms with E-state index in [1.54, 1.807) is 12.1 Å². The minimum absolute atomic E-state index is 0.0680. The van der Waals surface area contributed by atoms with Gasteiger partial charge >= 0.3 is 0 Å². The zero-order chi connectivity index (χ0) is 13.3. The third-order valence-electron chi connectivity index (χ3n) is 3.50. The number of benzene rings is 1. The minimum atomic E-state index is -3.49. The van der Waals surface area contributed by atoms with E-state index in [-0.39, 0.29) is 12.0 Å². The Hall–Kier alpha value is -1.20. The summed E-state index contributed by atoms with van der Waals surface area (Å²) in [5.41, 5.74) is 1.42. The number of fused-ring (bicyclic) bond motifs is 1. The highest BCUT2D eigenvalue weighted by atomic mass is 32.2. The van der Waals surface area contributed by atoms with Crippen molar-refractivity contribution in [2.45, 2.75) is 31.2 Å². The van der Waals surface area contributed by atoms with E-state index in [9.17, 15) is 8.42 Å². The van der Waals surface area contributed by atoms with Gasteiger partial charge in [0, 0.05) is 17.5 Å². The molecule has 0 saturated carbocycles. The van der Waals surface area contributed by atoms with Gasteiger partial charge < -0.3 is 5.32 Å². The Labute approximate surface area is 108 Å². The molecule has 2 atom stereocenters. The number of sulfonamides is 1. The second-order valence-electron chi connectivity index (χ2n) is 4.54. The molecule has 18 heavy (non-hydrogen) atoms. The molecule has 1 aliphatic heterocycles. The fourth-order valence-electron chi connectivity index (χ4n) is 2.46. The fraction of sp³-hybridized carbons (Fsp3) is 0.462. The monoisotopic (exact) mass is 266 g/mol. The van der Waals surface area contributed by atoms with E-state index in [1.165, 1.54) is 0 Å². The molecule has 0 spiro atoms. The number of nitrogens with zero attached hydrogens (tertiary/aromatic N) is 1. The maximum Gasteiger partial charge on any atom is 0.283 e. The van der Waals surface area contributed by atoms with E-state index in [0.717, 1.165) is 12.0 Å². The lowest BCUT2D eigenvalue weighted by Gasteiger charge is -2.22. The van der Waals surface area contributed by atoms with Crippen molar-refractivity contribution < 1.29 is 8.42 Å². The largest absolute Gasteiger partial charge is 0.316 e. The number of hydrogen-bond donors (Lipinski definition) is 1. The molecule has 98 valence electrons. The maximum absolute atomic E-state index is 12.0. The first-order chi connectivity index (χ1) is 8.51. The fourth-order valence-corrected chi connectivity index (χ4v) is 3.78. The standard InChI is InChI=1S/C13H18N2O2S/c1-4-11(14-3)9(2)13-10-7-5-6-8-12(10)18(16,17)15-13/h5-9,11,14H,4H2,1-3H3. The van der Waals surface area contributed by atoms with Gasteiger partial charge in [0.05, 0.1) is 10.6 Å². The summed E-state index contributed by atoms with van der Waals surface area (Å²) in [5, 5.41) is 3.21. The van der Waals surface area contributed by atoms with Crippen LogP contribution < -0.4 is 5.32 Å². The van der Waals surface area contributed by atoms with Crippen LogP contribution in [-0.2, 0) is 10.0 Å². The van der Waals surface area contributed by atoms with Crippen LogP contribution in [0.15, 0.2) is 33.6 Å². The van der Waals surface area contributed by atoms with Crippen LogP contribution in [0.4, 0.5) is 0 Å². The van der Waals surface area contributed by atoms with E-state index in [0.29, 0.717) is 10.6 Å². The average molecular weight is 266 g/mol. The van der Waals surface area contributed by atoms with Gasteiger partial charge in [0.2, 0.25) is 0 Å². The molecular formula is C13H18N2O2S. The molecule has 1 heterocycles. The van der Waals surface area contributed by atoms with Gasteiger partial charge in [0.25, 0.3) is 10.0 Å². The Morgan fingerprint density at radius 2 is 2.00 bits per heavy atom. The Kier molecular flexibility index (Phi) is 3.54. The Morgan fingerprint density at radius 3 is 2.61 bits per heavy atom. The summed E-state index contributed by atoms with van der Waals surface area (Å²) in [4.78, 5) is 0.331. The summed E-state index contributed by atoms with van der Waals surface area (Å²) < 4.78 is 27.9. The number of rotatable bonds is 4. The zero-order valence-corrected chi connectivity index (χ0v) is 11.7. The summed E-state index contributed by atoms with van der Waals surface area (Å²) in [6, 6.07) is 7.26. The quantitative estimate of drug-likeness (QED) is 0.904. The molecule has 0 fully saturated rings.